The summed E-state index contributed by atoms with van der Waals surface area (Å²) in [5.74, 6) is 1.59. The molecule has 0 spiro atoms. The van der Waals surface area contributed by atoms with Crippen molar-refractivity contribution >= 4 is 35.0 Å². The summed E-state index contributed by atoms with van der Waals surface area (Å²) in [4.78, 5) is 26.0. The summed E-state index contributed by atoms with van der Waals surface area (Å²) in [6.45, 7) is 7.20. The Morgan fingerprint density at radius 2 is 2.25 bits per heavy atom. The van der Waals surface area contributed by atoms with E-state index in [1.807, 2.05) is 41.8 Å². The van der Waals surface area contributed by atoms with Crippen LogP contribution in [0.2, 0.25) is 0 Å². The molecule has 3 rings (SSSR count). The SMILES string of the molecule is C=CCn1c(CC)nnc1SCCC(=O)Nc1cccc(N2CCCC2=O)c1. The van der Waals surface area contributed by atoms with Gasteiger partial charge in [0.1, 0.15) is 5.82 Å². The van der Waals surface area contributed by atoms with Crippen molar-refractivity contribution < 1.29 is 9.59 Å². The molecule has 2 heterocycles. The maximum atomic E-state index is 12.3. The largest absolute Gasteiger partial charge is 0.326 e. The fraction of sp³-hybridized carbons (Fsp3) is 0.400. The van der Waals surface area contributed by atoms with Gasteiger partial charge in [0.15, 0.2) is 5.16 Å². The molecule has 1 saturated heterocycles. The molecule has 0 atom stereocenters. The molecule has 0 radical (unpaired) electrons. The molecule has 1 aromatic heterocycles. The van der Waals surface area contributed by atoms with Crippen LogP contribution in [0.4, 0.5) is 11.4 Å². The monoisotopic (exact) mass is 399 g/mol. The average molecular weight is 400 g/mol. The van der Waals surface area contributed by atoms with Gasteiger partial charge in [-0.3, -0.25) is 9.59 Å². The van der Waals surface area contributed by atoms with Gasteiger partial charge in [-0.15, -0.1) is 16.8 Å². The Hall–Kier alpha value is -2.61. The fourth-order valence-electron chi connectivity index (χ4n) is 3.13. The first-order valence-corrected chi connectivity index (χ1v) is 10.5. The van der Waals surface area contributed by atoms with E-state index in [0.717, 1.165) is 36.1 Å². The van der Waals surface area contributed by atoms with Gasteiger partial charge in [-0.2, -0.15) is 0 Å². The lowest BCUT2D eigenvalue weighted by molar-refractivity contribution is -0.117. The summed E-state index contributed by atoms with van der Waals surface area (Å²) in [7, 11) is 0. The molecular weight excluding hydrogens is 374 g/mol. The standard InChI is InChI=1S/C20H25N5O2S/c1-3-11-25-17(4-2)22-23-20(25)28-13-10-18(26)21-15-7-5-8-16(14-15)24-12-6-9-19(24)27/h3,5,7-8,14H,1,4,6,9-13H2,2H3,(H,21,26). The molecule has 0 aliphatic carbocycles. The second-order valence-corrected chi connectivity index (χ2v) is 7.56. The molecule has 1 aliphatic heterocycles. The molecule has 28 heavy (non-hydrogen) atoms. The zero-order valence-electron chi connectivity index (χ0n) is 16.1. The number of hydrogen-bond donors (Lipinski definition) is 1. The number of thioether (sulfide) groups is 1. The van der Waals surface area contributed by atoms with Crippen molar-refractivity contribution in [3.8, 4) is 0 Å². The van der Waals surface area contributed by atoms with Crippen LogP contribution in [0.1, 0.15) is 32.0 Å². The number of carbonyl (C=O) groups excluding carboxylic acids is 2. The number of anilines is 2. The van der Waals surface area contributed by atoms with Crippen molar-refractivity contribution in [3.63, 3.8) is 0 Å². The smallest absolute Gasteiger partial charge is 0.227 e. The second kappa shape index (κ2) is 9.54. The van der Waals surface area contributed by atoms with Crippen molar-refractivity contribution in [2.75, 3.05) is 22.5 Å². The topological polar surface area (TPSA) is 80.1 Å². The van der Waals surface area contributed by atoms with E-state index in [0.29, 0.717) is 30.8 Å². The molecule has 1 aliphatic rings. The number of rotatable bonds is 9. The zero-order valence-corrected chi connectivity index (χ0v) is 16.9. The first-order chi connectivity index (χ1) is 13.6. The van der Waals surface area contributed by atoms with E-state index >= 15 is 0 Å². The predicted octanol–water partition coefficient (Wildman–Crippen LogP) is 3.27. The van der Waals surface area contributed by atoms with Gasteiger partial charge in [0.25, 0.3) is 0 Å². The van der Waals surface area contributed by atoms with E-state index in [2.05, 4.69) is 22.1 Å². The summed E-state index contributed by atoms with van der Waals surface area (Å²) >= 11 is 1.51. The average Bonchev–Trinajstić information content (AvgIpc) is 3.28. The maximum absolute atomic E-state index is 12.3. The molecule has 8 heteroatoms. The van der Waals surface area contributed by atoms with E-state index in [9.17, 15) is 9.59 Å². The quantitative estimate of drug-likeness (QED) is 0.517. The van der Waals surface area contributed by atoms with Crippen LogP contribution >= 0.6 is 11.8 Å². The molecular formula is C20H25N5O2S. The van der Waals surface area contributed by atoms with Gasteiger partial charge in [0, 0.05) is 49.5 Å². The summed E-state index contributed by atoms with van der Waals surface area (Å²) in [6.07, 6.45) is 4.45. The Labute approximate surface area is 169 Å². The Bertz CT molecular complexity index is 864. The maximum Gasteiger partial charge on any atom is 0.227 e. The number of amides is 2. The van der Waals surface area contributed by atoms with Crippen molar-refractivity contribution in [1.82, 2.24) is 14.8 Å². The van der Waals surface area contributed by atoms with Crippen molar-refractivity contribution in [2.45, 2.75) is 44.3 Å². The Kier molecular flexibility index (Phi) is 6.86. The summed E-state index contributed by atoms with van der Waals surface area (Å²) < 4.78 is 2.02. The third-order valence-electron chi connectivity index (χ3n) is 4.50. The number of benzene rings is 1. The van der Waals surface area contributed by atoms with Crippen LogP contribution in [0.5, 0.6) is 0 Å². The highest BCUT2D eigenvalue weighted by Crippen LogP contribution is 2.24. The number of allylic oxidation sites excluding steroid dienone is 1. The van der Waals surface area contributed by atoms with E-state index in [-0.39, 0.29) is 11.8 Å². The molecule has 148 valence electrons. The lowest BCUT2D eigenvalue weighted by Gasteiger charge is -2.16. The zero-order chi connectivity index (χ0) is 19.9. The summed E-state index contributed by atoms with van der Waals surface area (Å²) in [5.41, 5.74) is 1.54. The van der Waals surface area contributed by atoms with Gasteiger partial charge in [0.2, 0.25) is 11.8 Å². The van der Waals surface area contributed by atoms with Crippen molar-refractivity contribution in [3.05, 3.63) is 42.7 Å². The minimum atomic E-state index is -0.0668. The number of nitrogens with one attached hydrogen (secondary N) is 1. The van der Waals surface area contributed by atoms with Crippen LogP contribution in [-0.4, -0.2) is 38.9 Å². The Balaban J connectivity index is 1.53. The van der Waals surface area contributed by atoms with Crippen LogP contribution < -0.4 is 10.2 Å². The normalized spacial score (nSPS) is 13.8. The van der Waals surface area contributed by atoms with Crippen LogP contribution in [0.15, 0.2) is 42.1 Å². The highest BCUT2D eigenvalue weighted by Gasteiger charge is 2.21. The predicted molar refractivity (Wildman–Crippen MR) is 112 cm³/mol. The molecule has 2 amide bonds. The van der Waals surface area contributed by atoms with Gasteiger partial charge in [-0.25, -0.2) is 0 Å². The number of aromatic nitrogens is 3. The van der Waals surface area contributed by atoms with Crippen LogP contribution in [-0.2, 0) is 22.6 Å². The molecule has 1 fully saturated rings. The van der Waals surface area contributed by atoms with E-state index < -0.39 is 0 Å². The van der Waals surface area contributed by atoms with Gasteiger partial charge in [0.05, 0.1) is 0 Å². The number of hydrogen-bond acceptors (Lipinski definition) is 5. The van der Waals surface area contributed by atoms with Crippen LogP contribution in [0, 0.1) is 0 Å². The third-order valence-corrected chi connectivity index (χ3v) is 5.47. The second-order valence-electron chi connectivity index (χ2n) is 6.50. The number of aryl methyl sites for hydroxylation is 1. The van der Waals surface area contributed by atoms with E-state index in [1.54, 1.807) is 4.90 Å². The van der Waals surface area contributed by atoms with Crippen LogP contribution in [0.3, 0.4) is 0 Å². The van der Waals surface area contributed by atoms with Crippen molar-refractivity contribution in [1.29, 1.82) is 0 Å². The lowest BCUT2D eigenvalue weighted by atomic mass is 10.2. The van der Waals surface area contributed by atoms with Gasteiger partial charge < -0.3 is 14.8 Å². The third kappa shape index (κ3) is 4.81. The minimum absolute atomic E-state index is 0.0668. The van der Waals surface area contributed by atoms with Crippen LogP contribution in [0.25, 0.3) is 0 Å². The van der Waals surface area contributed by atoms with E-state index in [1.165, 1.54) is 11.8 Å². The molecule has 7 nitrogen and oxygen atoms in total. The lowest BCUT2D eigenvalue weighted by Crippen LogP contribution is -2.23. The Morgan fingerprint density at radius 1 is 1.39 bits per heavy atom. The first kappa shape index (κ1) is 20.1. The van der Waals surface area contributed by atoms with Gasteiger partial charge >= 0.3 is 0 Å². The Morgan fingerprint density at radius 3 is 2.96 bits per heavy atom. The molecule has 1 N–H and O–H groups in total. The highest BCUT2D eigenvalue weighted by molar-refractivity contribution is 7.99. The van der Waals surface area contributed by atoms with E-state index in [4.69, 9.17) is 0 Å². The molecule has 2 aromatic rings. The molecule has 1 aromatic carbocycles. The van der Waals surface area contributed by atoms with Gasteiger partial charge in [-0.1, -0.05) is 30.8 Å². The molecule has 0 bridgehead atoms. The summed E-state index contributed by atoms with van der Waals surface area (Å²) in [5, 5.41) is 12.1. The number of nitrogens with zero attached hydrogens (tertiary/aromatic N) is 4. The summed E-state index contributed by atoms with van der Waals surface area (Å²) in [6, 6.07) is 7.44. The van der Waals surface area contributed by atoms with Gasteiger partial charge in [-0.05, 0) is 24.6 Å². The number of carbonyl (C=O) groups is 2. The highest BCUT2D eigenvalue weighted by atomic mass is 32.2. The minimum Gasteiger partial charge on any atom is -0.326 e. The molecule has 0 saturated carbocycles. The first-order valence-electron chi connectivity index (χ1n) is 9.48. The molecule has 0 unspecified atom stereocenters. The van der Waals surface area contributed by atoms with Crippen molar-refractivity contribution in [2.24, 2.45) is 0 Å². The fourth-order valence-corrected chi connectivity index (χ4v) is 4.04.